The highest BCUT2D eigenvalue weighted by Gasteiger charge is 2.30. The predicted molar refractivity (Wildman–Crippen MR) is 60.0 cm³/mol. The largest absolute Gasteiger partial charge is 0.262 e. The average Bonchev–Trinajstić information content (AvgIpc) is 2.63. The minimum atomic E-state index is 1.04. The molecule has 2 heterocycles. The van der Waals surface area contributed by atoms with Crippen LogP contribution in [0.2, 0.25) is 0 Å². The van der Waals surface area contributed by atoms with E-state index in [2.05, 4.69) is 47.2 Å². The van der Waals surface area contributed by atoms with Crippen LogP contribution in [-0.4, -0.2) is 0 Å². The lowest BCUT2D eigenvalue weighted by atomic mass is 10.1. The summed E-state index contributed by atoms with van der Waals surface area (Å²) in [6.07, 6.45) is 2.04. The number of pyridine rings is 1. The van der Waals surface area contributed by atoms with Gasteiger partial charge in [0, 0.05) is 12.1 Å². The van der Waals surface area contributed by atoms with E-state index in [1.165, 1.54) is 16.8 Å². The second-order valence-electron chi connectivity index (χ2n) is 3.53. The third-order valence-electron chi connectivity index (χ3n) is 2.73. The summed E-state index contributed by atoms with van der Waals surface area (Å²) < 4.78 is 2.12. The molecule has 0 saturated carbocycles. The smallest absolute Gasteiger partial charge is 0.152 e. The molecule has 2 aromatic rings. The Morgan fingerprint density at radius 2 is 1.67 bits per heavy atom. The molecule has 1 aromatic heterocycles. The molecule has 1 aromatic carbocycles. The molecule has 0 atom stereocenters. The predicted octanol–water partition coefficient (Wildman–Crippen LogP) is 2.63. The van der Waals surface area contributed by atoms with Crippen LogP contribution in [0.5, 0.6) is 0 Å². The van der Waals surface area contributed by atoms with Gasteiger partial charge >= 0.3 is 0 Å². The minimum Gasteiger partial charge on any atom is -0.152 e. The Labute approximate surface area is 88.6 Å². The molecular formula is C14H10N+. The summed E-state index contributed by atoms with van der Waals surface area (Å²) in [6.45, 7) is 3.76. The van der Waals surface area contributed by atoms with Crippen LogP contribution in [0.1, 0.15) is 5.56 Å². The number of rotatable bonds is 0. The van der Waals surface area contributed by atoms with Crippen LogP contribution in [0.15, 0.2) is 61.0 Å². The van der Waals surface area contributed by atoms with Gasteiger partial charge in [0.15, 0.2) is 6.20 Å². The summed E-state index contributed by atoms with van der Waals surface area (Å²) in [4.78, 5) is 0. The maximum atomic E-state index is 3.76. The second-order valence-corrected chi connectivity index (χ2v) is 3.53. The van der Waals surface area contributed by atoms with E-state index in [-0.39, 0.29) is 0 Å². The third kappa shape index (κ3) is 1.01. The number of benzene rings is 1. The van der Waals surface area contributed by atoms with E-state index in [1.54, 1.807) is 0 Å². The molecule has 0 radical (unpaired) electrons. The standard InChI is InChI=1S/C14H10N/c1-2-13-11-7-3-4-8-12(11)14-9-5-6-10-15(13)14/h3-10H,1H2/q+1. The Morgan fingerprint density at radius 1 is 0.933 bits per heavy atom. The monoisotopic (exact) mass is 192 g/mol. The molecule has 0 unspecified atom stereocenters. The van der Waals surface area contributed by atoms with Gasteiger partial charge in [-0.05, 0) is 24.8 Å². The van der Waals surface area contributed by atoms with Crippen molar-refractivity contribution in [3.8, 4) is 11.3 Å². The molecule has 0 aliphatic carbocycles. The van der Waals surface area contributed by atoms with Crippen LogP contribution in [0.3, 0.4) is 0 Å². The third-order valence-corrected chi connectivity index (χ3v) is 2.73. The lowest BCUT2D eigenvalue weighted by Gasteiger charge is -1.89. The molecule has 0 bridgehead atoms. The van der Waals surface area contributed by atoms with E-state index < -0.39 is 0 Å². The summed E-state index contributed by atoms with van der Waals surface area (Å²) in [5.41, 5.74) is 7.72. The molecule has 0 N–H and O–H groups in total. The van der Waals surface area contributed by atoms with Crippen LogP contribution in [0, 0.1) is 0 Å². The van der Waals surface area contributed by atoms with Gasteiger partial charge in [0.2, 0.25) is 5.69 Å². The zero-order chi connectivity index (χ0) is 10.3. The first-order valence-electron chi connectivity index (χ1n) is 4.92. The number of nitrogens with zero attached hydrogens (tertiary/aromatic N) is 1. The quantitative estimate of drug-likeness (QED) is 0.381. The van der Waals surface area contributed by atoms with Crippen molar-refractivity contribution in [3.63, 3.8) is 0 Å². The fourth-order valence-electron chi connectivity index (χ4n) is 2.08. The molecule has 3 rings (SSSR count). The highest BCUT2D eigenvalue weighted by molar-refractivity contribution is 5.79. The van der Waals surface area contributed by atoms with E-state index in [1.807, 2.05) is 18.3 Å². The summed E-state index contributed by atoms with van der Waals surface area (Å²) in [6, 6.07) is 14.5. The molecule has 0 spiro atoms. The average molecular weight is 192 g/mol. The molecule has 15 heavy (non-hydrogen) atoms. The van der Waals surface area contributed by atoms with Gasteiger partial charge in [0.1, 0.15) is 0 Å². The minimum absolute atomic E-state index is 1.04. The summed E-state index contributed by atoms with van der Waals surface area (Å²) in [7, 11) is 0. The van der Waals surface area contributed by atoms with Crippen LogP contribution >= 0.6 is 0 Å². The molecule has 1 aliphatic heterocycles. The van der Waals surface area contributed by atoms with Crippen molar-refractivity contribution in [3.05, 3.63) is 66.5 Å². The molecule has 1 nitrogen and oxygen atoms in total. The first-order chi connectivity index (χ1) is 7.42. The summed E-state index contributed by atoms with van der Waals surface area (Å²) in [5.74, 6) is 0. The van der Waals surface area contributed by atoms with Gasteiger partial charge in [-0.1, -0.05) is 17.9 Å². The van der Waals surface area contributed by atoms with Crippen LogP contribution in [-0.2, 0) is 0 Å². The van der Waals surface area contributed by atoms with Crippen molar-refractivity contribution < 1.29 is 4.57 Å². The topological polar surface area (TPSA) is 3.88 Å². The van der Waals surface area contributed by atoms with Crippen LogP contribution < -0.4 is 4.57 Å². The van der Waals surface area contributed by atoms with Crippen molar-refractivity contribution in [1.29, 1.82) is 0 Å². The summed E-state index contributed by atoms with van der Waals surface area (Å²) >= 11 is 0. The Kier molecular flexibility index (Phi) is 1.61. The van der Waals surface area contributed by atoms with Crippen molar-refractivity contribution >= 4 is 5.70 Å². The first-order valence-corrected chi connectivity index (χ1v) is 4.92. The van der Waals surface area contributed by atoms with E-state index in [0.29, 0.717) is 0 Å². The van der Waals surface area contributed by atoms with Gasteiger partial charge in [-0.15, -0.1) is 0 Å². The molecular weight excluding hydrogens is 182 g/mol. The van der Waals surface area contributed by atoms with Crippen LogP contribution in [0.4, 0.5) is 0 Å². The van der Waals surface area contributed by atoms with Gasteiger partial charge in [-0.25, -0.2) is 0 Å². The molecule has 0 amide bonds. The fourth-order valence-corrected chi connectivity index (χ4v) is 2.08. The summed E-state index contributed by atoms with van der Waals surface area (Å²) in [5, 5.41) is 0. The van der Waals surface area contributed by atoms with E-state index in [9.17, 15) is 0 Å². The molecule has 1 aliphatic rings. The first kappa shape index (κ1) is 8.22. The van der Waals surface area contributed by atoms with Gasteiger partial charge in [0.05, 0.1) is 11.1 Å². The molecule has 1 heteroatoms. The Hall–Kier alpha value is -2.11. The number of hydrogen-bond donors (Lipinski definition) is 0. The Balaban J connectivity index is 2.47. The maximum Gasteiger partial charge on any atom is 0.262 e. The normalized spacial score (nSPS) is 11.9. The fraction of sp³-hybridized carbons (Fsp3) is 0. The van der Waals surface area contributed by atoms with Gasteiger partial charge in [-0.2, -0.15) is 4.57 Å². The highest BCUT2D eigenvalue weighted by atomic mass is 15.0. The second kappa shape index (κ2) is 2.94. The molecule has 0 saturated heterocycles. The SMILES string of the molecule is C=C=C1c2ccccc2-c2cccc[n+]21. The van der Waals surface area contributed by atoms with Crippen molar-refractivity contribution in [2.75, 3.05) is 0 Å². The zero-order valence-electron chi connectivity index (χ0n) is 8.27. The number of aromatic nitrogens is 1. The Bertz CT molecular complexity index is 542. The molecule has 0 fully saturated rings. The van der Waals surface area contributed by atoms with Crippen LogP contribution in [0.25, 0.3) is 17.0 Å². The molecule has 70 valence electrons. The number of fused-ring (bicyclic) bond motifs is 3. The highest BCUT2D eigenvalue weighted by Crippen LogP contribution is 2.31. The number of hydrogen-bond acceptors (Lipinski definition) is 0. The van der Waals surface area contributed by atoms with E-state index in [0.717, 1.165) is 5.70 Å². The van der Waals surface area contributed by atoms with Crippen molar-refractivity contribution in [2.45, 2.75) is 0 Å². The van der Waals surface area contributed by atoms with Crippen molar-refractivity contribution in [2.24, 2.45) is 0 Å². The van der Waals surface area contributed by atoms with Gasteiger partial charge in [0.25, 0.3) is 5.70 Å². The van der Waals surface area contributed by atoms with Crippen molar-refractivity contribution in [1.82, 2.24) is 0 Å². The van der Waals surface area contributed by atoms with Gasteiger partial charge in [-0.3, -0.25) is 0 Å². The van der Waals surface area contributed by atoms with E-state index in [4.69, 9.17) is 0 Å². The maximum absolute atomic E-state index is 3.76. The lowest BCUT2D eigenvalue weighted by molar-refractivity contribution is -0.563. The lowest BCUT2D eigenvalue weighted by Crippen LogP contribution is -2.29. The zero-order valence-corrected chi connectivity index (χ0v) is 8.27. The van der Waals surface area contributed by atoms with E-state index >= 15 is 0 Å². The van der Waals surface area contributed by atoms with Gasteiger partial charge < -0.3 is 0 Å². The Morgan fingerprint density at radius 3 is 2.47 bits per heavy atom.